The van der Waals surface area contributed by atoms with Crippen LogP contribution in [-0.4, -0.2) is 35.5 Å². The van der Waals surface area contributed by atoms with Crippen molar-refractivity contribution in [2.45, 2.75) is 50.5 Å². The fraction of sp³-hybridized carbons (Fsp3) is 0.833. The zero-order chi connectivity index (χ0) is 12.3. The van der Waals surface area contributed by atoms with E-state index in [-0.39, 0.29) is 11.9 Å². The van der Waals surface area contributed by atoms with Gasteiger partial charge in [0.1, 0.15) is 5.54 Å². The molecule has 0 bridgehead atoms. The van der Waals surface area contributed by atoms with Crippen LogP contribution in [0.15, 0.2) is 0 Å². The minimum atomic E-state index is -0.571. The van der Waals surface area contributed by atoms with Crippen molar-refractivity contribution in [2.24, 2.45) is 5.73 Å². The standard InChI is InChI=1S/C12H21N3O2/c13-8-4-5-9-15-10(16)12(14-11(15)17)6-2-1-3-7-12/h1-9,13H2,(H,14,17). The molecule has 0 aromatic rings. The molecule has 1 aliphatic heterocycles. The molecule has 3 N–H and O–H groups in total. The second-order valence-corrected chi connectivity index (χ2v) is 5.03. The molecule has 96 valence electrons. The minimum absolute atomic E-state index is 0.0146. The summed E-state index contributed by atoms with van der Waals surface area (Å²) in [5.41, 5.74) is 4.84. The van der Waals surface area contributed by atoms with Gasteiger partial charge in [-0.05, 0) is 32.2 Å². The summed E-state index contributed by atoms with van der Waals surface area (Å²) < 4.78 is 0. The molecule has 17 heavy (non-hydrogen) atoms. The highest BCUT2D eigenvalue weighted by Crippen LogP contribution is 2.33. The van der Waals surface area contributed by atoms with Crippen LogP contribution < -0.4 is 11.1 Å². The van der Waals surface area contributed by atoms with Crippen LogP contribution in [0.25, 0.3) is 0 Å². The number of carbonyl (C=O) groups is 2. The molecule has 2 aliphatic rings. The van der Waals surface area contributed by atoms with Crippen LogP contribution in [0.1, 0.15) is 44.9 Å². The predicted octanol–water partition coefficient (Wildman–Crippen LogP) is 0.980. The maximum Gasteiger partial charge on any atom is 0.325 e. The number of hydrogen-bond donors (Lipinski definition) is 2. The van der Waals surface area contributed by atoms with Crippen molar-refractivity contribution in [3.8, 4) is 0 Å². The topological polar surface area (TPSA) is 75.4 Å². The first-order chi connectivity index (χ1) is 8.19. The summed E-state index contributed by atoms with van der Waals surface area (Å²) in [5, 5.41) is 2.90. The molecule has 0 unspecified atom stereocenters. The largest absolute Gasteiger partial charge is 0.330 e. The van der Waals surface area contributed by atoms with Crippen molar-refractivity contribution >= 4 is 11.9 Å². The number of hydrogen-bond acceptors (Lipinski definition) is 3. The lowest BCUT2D eigenvalue weighted by atomic mass is 9.82. The van der Waals surface area contributed by atoms with E-state index in [2.05, 4.69) is 5.32 Å². The van der Waals surface area contributed by atoms with E-state index in [0.717, 1.165) is 44.9 Å². The van der Waals surface area contributed by atoms with Crippen LogP contribution in [0.5, 0.6) is 0 Å². The monoisotopic (exact) mass is 239 g/mol. The summed E-state index contributed by atoms with van der Waals surface area (Å²) in [5.74, 6) is -0.0146. The molecule has 0 atom stereocenters. The summed E-state index contributed by atoms with van der Waals surface area (Å²) in [6, 6.07) is -0.214. The molecule has 2 fully saturated rings. The number of imide groups is 1. The molecule has 1 spiro atoms. The molecule has 1 saturated carbocycles. The van der Waals surface area contributed by atoms with Crippen molar-refractivity contribution < 1.29 is 9.59 Å². The molecule has 0 radical (unpaired) electrons. The van der Waals surface area contributed by atoms with Gasteiger partial charge in [-0.15, -0.1) is 0 Å². The second kappa shape index (κ2) is 5.04. The third kappa shape index (κ3) is 2.29. The average molecular weight is 239 g/mol. The molecular formula is C12H21N3O2. The highest BCUT2D eigenvalue weighted by molar-refractivity contribution is 6.07. The van der Waals surface area contributed by atoms with E-state index in [9.17, 15) is 9.59 Å². The van der Waals surface area contributed by atoms with Gasteiger partial charge in [-0.25, -0.2) is 4.79 Å². The van der Waals surface area contributed by atoms with Crippen LogP contribution >= 0.6 is 0 Å². The Hall–Kier alpha value is -1.10. The Morgan fingerprint density at radius 3 is 2.53 bits per heavy atom. The van der Waals surface area contributed by atoms with Crippen LogP contribution in [0.3, 0.4) is 0 Å². The number of nitrogens with one attached hydrogen (secondary N) is 1. The van der Waals surface area contributed by atoms with Crippen molar-refractivity contribution in [3.05, 3.63) is 0 Å². The van der Waals surface area contributed by atoms with E-state index in [1.165, 1.54) is 4.90 Å². The number of unbranched alkanes of at least 4 members (excludes halogenated alkanes) is 1. The van der Waals surface area contributed by atoms with Crippen molar-refractivity contribution in [2.75, 3.05) is 13.1 Å². The lowest BCUT2D eigenvalue weighted by Gasteiger charge is -2.30. The van der Waals surface area contributed by atoms with Gasteiger partial charge in [-0.1, -0.05) is 19.3 Å². The molecule has 5 nitrogen and oxygen atoms in total. The van der Waals surface area contributed by atoms with Crippen molar-refractivity contribution in [1.29, 1.82) is 0 Å². The maximum atomic E-state index is 12.3. The zero-order valence-electron chi connectivity index (χ0n) is 10.2. The highest BCUT2D eigenvalue weighted by Gasteiger charge is 2.50. The summed E-state index contributed by atoms with van der Waals surface area (Å²) in [6.07, 6.45) is 6.47. The van der Waals surface area contributed by atoms with Crippen LogP contribution in [-0.2, 0) is 4.79 Å². The third-order valence-electron chi connectivity index (χ3n) is 3.79. The summed E-state index contributed by atoms with van der Waals surface area (Å²) >= 11 is 0. The van der Waals surface area contributed by atoms with Gasteiger partial charge in [0.2, 0.25) is 0 Å². The predicted molar refractivity (Wildman–Crippen MR) is 64.3 cm³/mol. The molecule has 5 heteroatoms. The molecule has 0 aromatic heterocycles. The number of nitrogens with two attached hydrogens (primary N) is 1. The minimum Gasteiger partial charge on any atom is -0.330 e. The maximum absolute atomic E-state index is 12.3. The van der Waals surface area contributed by atoms with Crippen LogP contribution in [0, 0.1) is 0 Å². The Balaban J connectivity index is 2.00. The SMILES string of the molecule is NCCCCN1C(=O)NC2(CCCCC2)C1=O. The van der Waals surface area contributed by atoms with Crippen LogP contribution in [0.2, 0.25) is 0 Å². The van der Waals surface area contributed by atoms with Gasteiger partial charge < -0.3 is 11.1 Å². The lowest BCUT2D eigenvalue weighted by Crippen LogP contribution is -2.48. The van der Waals surface area contributed by atoms with Gasteiger partial charge in [0.05, 0.1) is 0 Å². The average Bonchev–Trinajstić information content (AvgIpc) is 2.55. The Bertz CT molecular complexity index is 311. The normalized spacial score (nSPS) is 23.2. The summed E-state index contributed by atoms with van der Waals surface area (Å²) in [6.45, 7) is 1.11. The van der Waals surface area contributed by atoms with Crippen LogP contribution in [0.4, 0.5) is 4.79 Å². The quantitative estimate of drug-likeness (QED) is 0.567. The van der Waals surface area contributed by atoms with Crippen molar-refractivity contribution in [1.82, 2.24) is 10.2 Å². The molecule has 0 aromatic carbocycles. The lowest BCUT2D eigenvalue weighted by molar-refractivity contribution is -0.132. The third-order valence-corrected chi connectivity index (χ3v) is 3.79. The van der Waals surface area contributed by atoms with E-state index < -0.39 is 5.54 Å². The molecule has 3 amide bonds. The first kappa shape index (κ1) is 12.4. The zero-order valence-corrected chi connectivity index (χ0v) is 10.2. The fourth-order valence-electron chi connectivity index (χ4n) is 2.79. The van der Waals surface area contributed by atoms with E-state index >= 15 is 0 Å². The number of nitrogens with zero attached hydrogens (tertiary/aromatic N) is 1. The Morgan fingerprint density at radius 2 is 1.88 bits per heavy atom. The molecule has 1 heterocycles. The smallest absolute Gasteiger partial charge is 0.325 e. The summed E-state index contributed by atoms with van der Waals surface area (Å²) in [4.78, 5) is 25.5. The molecule has 2 rings (SSSR count). The Morgan fingerprint density at radius 1 is 1.18 bits per heavy atom. The molecule has 1 saturated heterocycles. The Labute approximate surface area is 102 Å². The number of rotatable bonds is 4. The summed E-state index contributed by atoms with van der Waals surface area (Å²) in [7, 11) is 0. The second-order valence-electron chi connectivity index (χ2n) is 5.03. The molecule has 1 aliphatic carbocycles. The number of urea groups is 1. The van der Waals surface area contributed by atoms with Gasteiger partial charge in [-0.2, -0.15) is 0 Å². The van der Waals surface area contributed by atoms with Crippen molar-refractivity contribution in [3.63, 3.8) is 0 Å². The van der Waals surface area contributed by atoms with E-state index in [4.69, 9.17) is 5.73 Å². The first-order valence-corrected chi connectivity index (χ1v) is 6.54. The fourth-order valence-corrected chi connectivity index (χ4v) is 2.79. The van der Waals surface area contributed by atoms with E-state index in [1.807, 2.05) is 0 Å². The van der Waals surface area contributed by atoms with E-state index in [0.29, 0.717) is 13.1 Å². The Kier molecular flexibility index (Phi) is 3.66. The number of amides is 3. The highest BCUT2D eigenvalue weighted by atomic mass is 16.2. The van der Waals surface area contributed by atoms with Gasteiger partial charge in [-0.3, -0.25) is 9.69 Å². The number of carbonyl (C=O) groups excluding carboxylic acids is 2. The van der Waals surface area contributed by atoms with Gasteiger partial charge >= 0.3 is 6.03 Å². The van der Waals surface area contributed by atoms with E-state index in [1.54, 1.807) is 0 Å². The van der Waals surface area contributed by atoms with Gasteiger partial charge in [0.15, 0.2) is 0 Å². The molecular weight excluding hydrogens is 218 g/mol. The van der Waals surface area contributed by atoms with Gasteiger partial charge in [0, 0.05) is 6.54 Å². The first-order valence-electron chi connectivity index (χ1n) is 6.54. The van der Waals surface area contributed by atoms with Gasteiger partial charge in [0.25, 0.3) is 5.91 Å².